The predicted octanol–water partition coefficient (Wildman–Crippen LogP) is 1.58. The molecule has 0 aromatic heterocycles. The van der Waals surface area contributed by atoms with E-state index in [0.29, 0.717) is 18.9 Å². The van der Waals surface area contributed by atoms with Crippen LogP contribution in [0.5, 0.6) is 0 Å². The second-order valence-electron chi connectivity index (χ2n) is 5.42. The summed E-state index contributed by atoms with van der Waals surface area (Å²) in [7, 11) is 0. The summed E-state index contributed by atoms with van der Waals surface area (Å²) in [6.45, 7) is 6.33. The fourth-order valence-corrected chi connectivity index (χ4v) is 2.16. The van der Waals surface area contributed by atoms with Crippen molar-refractivity contribution in [3.05, 3.63) is 0 Å². The van der Waals surface area contributed by atoms with Crippen molar-refractivity contribution in [2.45, 2.75) is 46.1 Å². The minimum absolute atomic E-state index is 0.266. The fraction of sp³-hybridized carbons (Fsp3) is 0.833. The summed E-state index contributed by atoms with van der Waals surface area (Å²) in [6, 6.07) is -0.537. The Bertz CT molecular complexity index is 304. The molecule has 0 bridgehead atoms. The van der Waals surface area contributed by atoms with Gasteiger partial charge < -0.3 is 15.7 Å². The summed E-state index contributed by atoms with van der Waals surface area (Å²) in [5.74, 6) is -0.445. The largest absolute Gasteiger partial charge is 0.481 e. The van der Waals surface area contributed by atoms with E-state index < -0.39 is 11.4 Å². The average Bonchev–Trinajstić information content (AvgIpc) is 2.59. The maximum Gasteiger partial charge on any atom is 0.315 e. The van der Waals surface area contributed by atoms with E-state index in [4.69, 9.17) is 0 Å². The van der Waals surface area contributed by atoms with Gasteiger partial charge in [0.1, 0.15) is 0 Å². The van der Waals surface area contributed by atoms with Gasteiger partial charge in [0.05, 0.1) is 5.41 Å². The summed E-state index contributed by atoms with van der Waals surface area (Å²) in [5.41, 5.74) is -0.824. The highest BCUT2D eigenvalue weighted by molar-refractivity contribution is 5.79. The Morgan fingerprint density at radius 3 is 2.65 bits per heavy atom. The number of carboxylic acids is 1. The molecule has 3 N–H and O–H groups in total. The first-order valence-electron chi connectivity index (χ1n) is 6.14. The number of carboxylic acid groups (broad SMARTS) is 1. The third-order valence-electron chi connectivity index (χ3n) is 3.42. The number of hydrogen-bond acceptors (Lipinski definition) is 2. The van der Waals surface area contributed by atoms with E-state index in [9.17, 15) is 14.7 Å². The van der Waals surface area contributed by atoms with Crippen molar-refractivity contribution in [2.24, 2.45) is 11.3 Å². The molecule has 0 radical (unpaired) electrons. The van der Waals surface area contributed by atoms with E-state index in [1.165, 1.54) is 0 Å². The number of carbonyl (C=O) groups excluding carboxylic acids is 1. The number of rotatable bonds is 4. The zero-order valence-corrected chi connectivity index (χ0v) is 10.7. The van der Waals surface area contributed by atoms with Crippen LogP contribution in [-0.2, 0) is 4.79 Å². The lowest BCUT2D eigenvalue weighted by molar-refractivity contribution is -0.148. The van der Waals surface area contributed by atoms with Crippen LogP contribution >= 0.6 is 0 Å². The Morgan fingerprint density at radius 1 is 1.47 bits per heavy atom. The highest BCUT2D eigenvalue weighted by atomic mass is 16.4. The molecular formula is C12H22N2O3. The van der Waals surface area contributed by atoms with Crippen LogP contribution in [0.2, 0.25) is 0 Å². The van der Waals surface area contributed by atoms with Crippen LogP contribution in [-0.4, -0.2) is 29.7 Å². The van der Waals surface area contributed by atoms with E-state index in [0.717, 1.165) is 12.8 Å². The Hall–Kier alpha value is -1.26. The van der Waals surface area contributed by atoms with E-state index >= 15 is 0 Å². The van der Waals surface area contributed by atoms with Crippen LogP contribution in [0.25, 0.3) is 0 Å². The van der Waals surface area contributed by atoms with Crippen LogP contribution in [0.1, 0.15) is 40.0 Å². The smallest absolute Gasteiger partial charge is 0.315 e. The summed E-state index contributed by atoms with van der Waals surface area (Å²) in [4.78, 5) is 22.8. The van der Waals surface area contributed by atoms with Crippen LogP contribution in [0.15, 0.2) is 0 Å². The highest BCUT2D eigenvalue weighted by Crippen LogP contribution is 2.38. The minimum Gasteiger partial charge on any atom is -0.481 e. The van der Waals surface area contributed by atoms with Crippen LogP contribution in [0.3, 0.4) is 0 Å². The maximum absolute atomic E-state index is 11.6. The molecular weight excluding hydrogens is 220 g/mol. The van der Waals surface area contributed by atoms with Gasteiger partial charge in [0.15, 0.2) is 0 Å². The second kappa shape index (κ2) is 5.38. The van der Waals surface area contributed by atoms with Crippen molar-refractivity contribution < 1.29 is 14.7 Å². The molecule has 0 saturated heterocycles. The van der Waals surface area contributed by atoms with Crippen molar-refractivity contribution in [1.82, 2.24) is 10.6 Å². The fourth-order valence-electron chi connectivity index (χ4n) is 2.16. The van der Waals surface area contributed by atoms with Crippen LogP contribution < -0.4 is 10.6 Å². The van der Waals surface area contributed by atoms with Crippen LogP contribution in [0, 0.1) is 11.3 Å². The zero-order chi connectivity index (χ0) is 13.1. The molecule has 0 spiro atoms. The van der Waals surface area contributed by atoms with Gasteiger partial charge in [0.25, 0.3) is 0 Å². The van der Waals surface area contributed by atoms with Gasteiger partial charge in [-0.3, -0.25) is 4.79 Å². The lowest BCUT2D eigenvalue weighted by Crippen LogP contribution is -2.50. The van der Waals surface area contributed by atoms with Crippen molar-refractivity contribution in [2.75, 3.05) is 6.54 Å². The van der Waals surface area contributed by atoms with E-state index in [1.807, 2.05) is 13.8 Å². The van der Waals surface area contributed by atoms with Gasteiger partial charge >= 0.3 is 12.0 Å². The molecule has 1 fully saturated rings. The number of nitrogens with one attached hydrogen (secondary N) is 2. The molecule has 98 valence electrons. The summed E-state index contributed by atoms with van der Waals surface area (Å²) >= 11 is 0. The monoisotopic (exact) mass is 242 g/mol. The van der Waals surface area contributed by atoms with E-state index in [-0.39, 0.29) is 12.1 Å². The third-order valence-corrected chi connectivity index (χ3v) is 3.42. The predicted molar refractivity (Wildman–Crippen MR) is 64.8 cm³/mol. The number of carbonyl (C=O) groups is 2. The average molecular weight is 242 g/mol. The summed E-state index contributed by atoms with van der Waals surface area (Å²) < 4.78 is 0. The normalized spacial score (nSPS) is 28.1. The zero-order valence-electron chi connectivity index (χ0n) is 10.7. The highest BCUT2D eigenvalue weighted by Gasteiger charge is 2.45. The number of hydrogen-bond donors (Lipinski definition) is 3. The number of amides is 2. The Kier molecular flexibility index (Phi) is 4.37. The molecule has 0 aromatic carbocycles. The van der Waals surface area contributed by atoms with Crippen molar-refractivity contribution in [3.63, 3.8) is 0 Å². The number of urea groups is 1. The lowest BCUT2D eigenvalue weighted by atomic mass is 9.85. The molecule has 5 heteroatoms. The molecule has 1 rings (SSSR count). The molecule has 17 heavy (non-hydrogen) atoms. The first-order valence-corrected chi connectivity index (χ1v) is 6.14. The molecule has 2 amide bonds. The summed E-state index contributed by atoms with van der Waals surface area (Å²) in [5, 5.41) is 14.7. The molecule has 5 nitrogen and oxygen atoms in total. The second-order valence-corrected chi connectivity index (χ2v) is 5.42. The molecule has 1 aliphatic carbocycles. The van der Waals surface area contributed by atoms with Crippen LogP contribution in [0.4, 0.5) is 4.79 Å². The van der Waals surface area contributed by atoms with E-state index in [2.05, 4.69) is 10.6 Å². The Balaban J connectivity index is 2.50. The third kappa shape index (κ3) is 3.35. The molecule has 0 heterocycles. The van der Waals surface area contributed by atoms with E-state index in [1.54, 1.807) is 6.92 Å². The SMILES string of the molecule is CC(C)CNC(=O)NC1CCCC1(C)C(=O)O. The minimum atomic E-state index is -0.829. The molecule has 1 saturated carbocycles. The number of aliphatic carboxylic acids is 1. The molecule has 2 unspecified atom stereocenters. The van der Waals surface area contributed by atoms with Crippen molar-refractivity contribution in [1.29, 1.82) is 0 Å². The Morgan fingerprint density at radius 2 is 2.12 bits per heavy atom. The van der Waals surface area contributed by atoms with Crippen molar-refractivity contribution in [3.8, 4) is 0 Å². The Labute approximate surface area is 102 Å². The topological polar surface area (TPSA) is 78.4 Å². The first kappa shape index (κ1) is 13.8. The molecule has 2 atom stereocenters. The molecule has 0 aromatic rings. The van der Waals surface area contributed by atoms with Gasteiger partial charge in [-0.05, 0) is 25.7 Å². The first-order chi connectivity index (χ1) is 7.86. The van der Waals surface area contributed by atoms with Gasteiger partial charge in [0.2, 0.25) is 0 Å². The van der Waals surface area contributed by atoms with Gasteiger partial charge in [-0.25, -0.2) is 4.79 Å². The quantitative estimate of drug-likeness (QED) is 0.700. The van der Waals surface area contributed by atoms with Gasteiger partial charge in [-0.2, -0.15) is 0 Å². The maximum atomic E-state index is 11.6. The van der Waals surface area contributed by atoms with Gasteiger partial charge in [-0.1, -0.05) is 20.3 Å². The van der Waals surface area contributed by atoms with Crippen molar-refractivity contribution >= 4 is 12.0 Å². The summed E-state index contributed by atoms with van der Waals surface area (Å²) in [6.07, 6.45) is 2.20. The van der Waals surface area contributed by atoms with Gasteiger partial charge in [0, 0.05) is 12.6 Å². The van der Waals surface area contributed by atoms with Gasteiger partial charge in [-0.15, -0.1) is 0 Å². The standard InChI is InChI=1S/C12H22N2O3/c1-8(2)7-13-11(17)14-9-5-4-6-12(9,3)10(15)16/h8-9H,4-7H2,1-3H3,(H,15,16)(H2,13,14,17). The molecule has 1 aliphatic rings. The lowest BCUT2D eigenvalue weighted by Gasteiger charge is -2.27. The molecule has 0 aliphatic heterocycles.